The molecular weight excluding hydrogens is 254 g/mol. The third kappa shape index (κ3) is 2.73. The van der Waals surface area contributed by atoms with Crippen LogP contribution in [0, 0.1) is 11.6 Å². The van der Waals surface area contributed by atoms with Crippen molar-refractivity contribution in [1.82, 2.24) is 9.97 Å². The number of carbonyl (C=O) groups is 1. The number of hydrogen-bond donors (Lipinski definition) is 0. The minimum atomic E-state index is -0.894. The molecule has 0 aliphatic rings. The molecular formula is C13H10F2N2O2. The molecule has 1 aromatic carbocycles. The van der Waals surface area contributed by atoms with E-state index in [0.29, 0.717) is 0 Å². The van der Waals surface area contributed by atoms with Gasteiger partial charge in [0.25, 0.3) is 0 Å². The van der Waals surface area contributed by atoms with Gasteiger partial charge in [-0.2, -0.15) is 0 Å². The van der Waals surface area contributed by atoms with E-state index in [1.54, 1.807) is 6.07 Å². The predicted molar refractivity (Wildman–Crippen MR) is 62.5 cm³/mol. The first-order chi connectivity index (χ1) is 9.13. The second kappa shape index (κ2) is 5.51. The van der Waals surface area contributed by atoms with E-state index in [1.807, 2.05) is 0 Å². The van der Waals surface area contributed by atoms with Crippen LogP contribution in [-0.4, -0.2) is 23.0 Å². The van der Waals surface area contributed by atoms with Crippen molar-refractivity contribution in [2.45, 2.75) is 6.42 Å². The first kappa shape index (κ1) is 13.1. The van der Waals surface area contributed by atoms with Gasteiger partial charge in [0.05, 0.1) is 12.8 Å². The van der Waals surface area contributed by atoms with Crippen molar-refractivity contribution in [2.24, 2.45) is 0 Å². The van der Waals surface area contributed by atoms with Crippen molar-refractivity contribution in [2.75, 3.05) is 7.11 Å². The third-order valence-corrected chi connectivity index (χ3v) is 2.56. The summed E-state index contributed by atoms with van der Waals surface area (Å²) in [7, 11) is 1.13. The normalized spacial score (nSPS) is 10.3. The highest BCUT2D eigenvalue weighted by Crippen LogP contribution is 2.15. The smallest absolute Gasteiger partial charge is 0.359 e. The molecule has 0 bridgehead atoms. The van der Waals surface area contributed by atoms with Crippen molar-refractivity contribution >= 4 is 5.97 Å². The monoisotopic (exact) mass is 264 g/mol. The molecule has 0 radical (unpaired) electrons. The zero-order valence-electron chi connectivity index (χ0n) is 10.1. The Labute approximate surface area is 108 Å². The van der Waals surface area contributed by atoms with Crippen molar-refractivity contribution in [3.05, 3.63) is 59.2 Å². The summed E-state index contributed by atoms with van der Waals surface area (Å²) in [6.45, 7) is 0. The number of hydrogen-bond acceptors (Lipinski definition) is 4. The van der Waals surface area contributed by atoms with E-state index in [9.17, 15) is 13.6 Å². The number of ether oxygens (including phenoxy) is 1. The number of carbonyl (C=O) groups excluding carboxylic acids is 1. The van der Waals surface area contributed by atoms with Crippen LogP contribution in [0.2, 0.25) is 0 Å². The lowest BCUT2D eigenvalue weighted by Crippen LogP contribution is -2.11. The molecule has 0 spiro atoms. The molecule has 1 aromatic heterocycles. The molecule has 2 aromatic rings. The van der Waals surface area contributed by atoms with Gasteiger partial charge in [-0.25, -0.2) is 23.5 Å². The lowest BCUT2D eigenvalue weighted by molar-refractivity contribution is 0.0587. The van der Waals surface area contributed by atoms with E-state index in [0.717, 1.165) is 13.4 Å². The topological polar surface area (TPSA) is 52.1 Å². The first-order valence-corrected chi connectivity index (χ1v) is 5.44. The van der Waals surface area contributed by atoms with Crippen LogP contribution >= 0.6 is 0 Å². The second-order valence-corrected chi connectivity index (χ2v) is 3.74. The van der Waals surface area contributed by atoms with Crippen LogP contribution in [0.3, 0.4) is 0 Å². The molecule has 0 aliphatic heterocycles. The Bertz CT molecular complexity index is 617. The molecule has 0 unspecified atom stereocenters. The maximum atomic E-state index is 14.0. The zero-order valence-corrected chi connectivity index (χ0v) is 10.1. The number of methoxy groups -OCH3 is 1. The molecule has 6 heteroatoms. The highest BCUT2D eigenvalue weighted by molar-refractivity contribution is 5.87. The number of nitrogens with zero attached hydrogens (tertiary/aromatic N) is 2. The van der Waals surface area contributed by atoms with Gasteiger partial charge in [-0.3, -0.25) is 0 Å². The van der Waals surface area contributed by atoms with Crippen LogP contribution in [0.5, 0.6) is 0 Å². The van der Waals surface area contributed by atoms with Gasteiger partial charge in [-0.1, -0.05) is 18.2 Å². The minimum absolute atomic E-state index is 0.0551. The summed E-state index contributed by atoms with van der Waals surface area (Å²) in [5.74, 6) is -2.24. The summed E-state index contributed by atoms with van der Waals surface area (Å²) in [5, 5.41) is 0. The summed E-state index contributed by atoms with van der Waals surface area (Å²) in [6, 6.07) is 5.97. The Morgan fingerprint density at radius 3 is 2.68 bits per heavy atom. The highest BCUT2D eigenvalue weighted by Gasteiger charge is 2.19. The predicted octanol–water partition coefficient (Wildman–Crippen LogP) is 2.13. The average Bonchev–Trinajstić information content (AvgIpc) is 2.42. The third-order valence-electron chi connectivity index (χ3n) is 2.56. The Balaban J connectivity index is 2.37. The van der Waals surface area contributed by atoms with Gasteiger partial charge in [0, 0.05) is 6.42 Å². The summed E-state index contributed by atoms with van der Waals surface area (Å²) >= 11 is 0. The van der Waals surface area contributed by atoms with Crippen molar-refractivity contribution in [3.8, 4) is 0 Å². The largest absolute Gasteiger partial charge is 0.464 e. The Kier molecular flexibility index (Phi) is 3.79. The average molecular weight is 264 g/mol. The van der Waals surface area contributed by atoms with Crippen molar-refractivity contribution in [1.29, 1.82) is 0 Å². The molecule has 98 valence electrons. The Morgan fingerprint density at radius 2 is 2.00 bits per heavy atom. The highest BCUT2D eigenvalue weighted by atomic mass is 19.1. The van der Waals surface area contributed by atoms with Crippen LogP contribution < -0.4 is 0 Å². The van der Waals surface area contributed by atoms with Crippen LogP contribution in [0.4, 0.5) is 8.78 Å². The van der Waals surface area contributed by atoms with Gasteiger partial charge in [0.1, 0.15) is 12.1 Å². The maximum absolute atomic E-state index is 14.0. The fourth-order valence-corrected chi connectivity index (χ4v) is 1.59. The fraction of sp³-hybridized carbons (Fsp3) is 0.154. The molecule has 0 atom stereocenters. The lowest BCUT2D eigenvalue weighted by Gasteiger charge is -2.06. The number of benzene rings is 1. The van der Waals surface area contributed by atoms with Gasteiger partial charge in [-0.15, -0.1) is 0 Å². The molecule has 2 rings (SSSR count). The van der Waals surface area contributed by atoms with E-state index in [2.05, 4.69) is 14.7 Å². The number of esters is 1. The first-order valence-electron chi connectivity index (χ1n) is 5.44. The maximum Gasteiger partial charge on any atom is 0.359 e. The zero-order chi connectivity index (χ0) is 13.8. The van der Waals surface area contributed by atoms with E-state index in [4.69, 9.17) is 0 Å². The van der Waals surface area contributed by atoms with Gasteiger partial charge in [0.2, 0.25) is 0 Å². The SMILES string of the molecule is COC(=O)c1ncnc(Cc2ccccc2F)c1F. The molecule has 19 heavy (non-hydrogen) atoms. The fourth-order valence-electron chi connectivity index (χ4n) is 1.59. The van der Waals surface area contributed by atoms with E-state index in [1.165, 1.54) is 18.2 Å². The molecule has 1 heterocycles. The summed E-state index contributed by atoms with van der Waals surface area (Å²) in [6.07, 6.45) is 0.983. The Morgan fingerprint density at radius 1 is 1.26 bits per heavy atom. The molecule has 0 saturated carbocycles. The summed E-state index contributed by atoms with van der Waals surface area (Å²) < 4.78 is 31.9. The molecule has 4 nitrogen and oxygen atoms in total. The quantitative estimate of drug-likeness (QED) is 0.797. The number of rotatable bonds is 3. The van der Waals surface area contributed by atoms with Crippen molar-refractivity contribution < 1.29 is 18.3 Å². The molecule has 0 N–H and O–H groups in total. The van der Waals surface area contributed by atoms with Gasteiger partial charge >= 0.3 is 5.97 Å². The molecule has 0 amide bonds. The van der Waals surface area contributed by atoms with Gasteiger partial charge in [0.15, 0.2) is 11.5 Å². The molecule has 0 aliphatic carbocycles. The van der Waals surface area contributed by atoms with E-state index in [-0.39, 0.29) is 17.7 Å². The number of aromatic nitrogens is 2. The van der Waals surface area contributed by atoms with Gasteiger partial charge in [-0.05, 0) is 11.6 Å². The van der Waals surface area contributed by atoms with Gasteiger partial charge < -0.3 is 4.74 Å². The second-order valence-electron chi connectivity index (χ2n) is 3.74. The minimum Gasteiger partial charge on any atom is -0.464 e. The summed E-state index contributed by atoms with van der Waals surface area (Å²) in [4.78, 5) is 18.5. The lowest BCUT2D eigenvalue weighted by atomic mass is 10.1. The van der Waals surface area contributed by atoms with E-state index < -0.39 is 23.3 Å². The van der Waals surface area contributed by atoms with Crippen LogP contribution in [0.15, 0.2) is 30.6 Å². The standard InChI is InChI=1S/C13H10F2N2O2/c1-19-13(18)12-11(15)10(16-7-17-12)6-8-4-2-3-5-9(8)14/h2-5,7H,6H2,1H3. The number of halogens is 2. The van der Waals surface area contributed by atoms with E-state index >= 15 is 0 Å². The summed E-state index contributed by atoms with van der Waals surface area (Å²) in [5.41, 5.74) is -0.222. The molecule has 0 fully saturated rings. The van der Waals surface area contributed by atoms with Crippen LogP contribution in [-0.2, 0) is 11.2 Å². The van der Waals surface area contributed by atoms with Crippen LogP contribution in [0.25, 0.3) is 0 Å². The van der Waals surface area contributed by atoms with Crippen LogP contribution in [0.1, 0.15) is 21.7 Å². The van der Waals surface area contributed by atoms with Crippen molar-refractivity contribution in [3.63, 3.8) is 0 Å². The molecule has 0 saturated heterocycles. The Hall–Kier alpha value is -2.37.